The molecule has 7 heteroatoms. The SMILES string of the molecule is CCN1CCN(Cc2ccc(NC(=O)COc3ccc(Br)cc3F)cc2)CC1. The number of amides is 1. The summed E-state index contributed by atoms with van der Waals surface area (Å²) in [6.45, 7) is 8.36. The molecule has 0 radical (unpaired) electrons. The van der Waals surface area contributed by atoms with Gasteiger partial charge in [-0.25, -0.2) is 4.39 Å². The van der Waals surface area contributed by atoms with Crippen molar-refractivity contribution in [3.05, 3.63) is 58.3 Å². The Kier molecular flexibility index (Phi) is 7.42. The summed E-state index contributed by atoms with van der Waals surface area (Å²) in [7, 11) is 0. The molecule has 0 aromatic heterocycles. The lowest BCUT2D eigenvalue weighted by molar-refractivity contribution is -0.118. The van der Waals surface area contributed by atoms with Crippen LogP contribution in [0, 0.1) is 5.82 Å². The maximum Gasteiger partial charge on any atom is 0.262 e. The van der Waals surface area contributed by atoms with Crippen molar-refractivity contribution in [1.82, 2.24) is 9.80 Å². The van der Waals surface area contributed by atoms with E-state index in [-0.39, 0.29) is 18.3 Å². The number of piperazine rings is 1. The van der Waals surface area contributed by atoms with Crippen LogP contribution in [0.3, 0.4) is 0 Å². The van der Waals surface area contributed by atoms with E-state index in [9.17, 15) is 9.18 Å². The highest BCUT2D eigenvalue weighted by Crippen LogP contribution is 2.21. The maximum absolute atomic E-state index is 13.7. The molecular formula is C21H25BrFN3O2. The van der Waals surface area contributed by atoms with Crippen molar-refractivity contribution in [3.8, 4) is 5.75 Å². The van der Waals surface area contributed by atoms with E-state index < -0.39 is 5.82 Å². The number of benzene rings is 2. The van der Waals surface area contributed by atoms with Crippen molar-refractivity contribution >= 4 is 27.5 Å². The number of nitrogens with zero attached hydrogens (tertiary/aromatic N) is 2. The Morgan fingerprint density at radius 1 is 1.11 bits per heavy atom. The third kappa shape index (κ3) is 6.02. The molecule has 5 nitrogen and oxygen atoms in total. The number of carbonyl (C=O) groups excluding carboxylic acids is 1. The summed E-state index contributed by atoms with van der Waals surface area (Å²) in [5.41, 5.74) is 1.92. The first-order valence-corrected chi connectivity index (χ1v) is 10.2. The zero-order valence-electron chi connectivity index (χ0n) is 16.0. The van der Waals surface area contributed by atoms with Gasteiger partial charge in [-0.1, -0.05) is 35.0 Å². The fourth-order valence-corrected chi connectivity index (χ4v) is 3.48. The Morgan fingerprint density at radius 2 is 1.79 bits per heavy atom. The van der Waals surface area contributed by atoms with Crippen LogP contribution in [0.5, 0.6) is 5.75 Å². The zero-order valence-corrected chi connectivity index (χ0v) is 17.5. The minimum absolute atomic E-state index is 0.0527. The molecule has 1 N–H and O–H groups in total. The third-order valence-corrected chi connectivity index (χ3v) is 5.30. The van der Waals surface area contributed by atoms with Crippen molar-refractivity contribution in [1.29, 1.82) is 0 Å². The van der Waals surface area contributed by atoms with Crippen LogP contribution in [0.25, 0.3) is 0 Å². The maximum atomic E-state index is 13.7. The molecule has 1 saturated heterocycles. The number of ether oxygens (including phenoxy) is 1. The van der Waals surface area contributed by atoms with E-state index in [1.807, 2.05) is 24.3 Å². The van der Waals surface area contributed by atoms with Crippen LogP contribution in [0.15, 0.2) is 46.9 Å². The summed E-state index contributed by atoms with van der Waals surface area (Å²) in [6, 6.07) is 12.3. The average Bonchev–Trinajstić information content (AvgIpc) is 2.69. The van der Waals surface area contributed by atoms with Gasteiger partial charge in [-0.05, 0) is 42.4 Å². The van der Waals surface area contributed by atoms with Gasteiger partial charge in [0.2, 0.25) is 0 Å². The molecule has 0 bridgehead atoms. The first-order valence-electron chi connectivity index (χ1n) is 9.45. The van der Waals surface area contributed by atoms with E-state index >= 15 is 0 Å². The number of likely N-dealkylation sites (N-methyl/N-ethyl adjacent to an activating group) is 1. The van der Waals surface area contributed by atoms with Crippen LogP contribution in [0.1, 0.15) is 12.5 Å². The number of halogens is 2. The Labute approximate surface area is 173 Å². The molecule has 1 aliphatic heterocycles. The Hall–Kier alpha value is -1.96. The van der Waals surface area contributed by atoms with E-state index in [4.69, 9.17) is 4.74 Å². The van der Waals surface area contributed by atoms with Crippen molar-refractivity contribution in [2.45, 2.75) is 13.5 Å². The number of carbonyl (C=O) groups is 1. The fraction of sp³-hybridized carbons (Fsp3) is 0.381. The lowest BCUT2D eigenvalue weighted by atomic mass is 10.1. The molecular weight excluding hydrogens is 425 g/mol. The minimum atomic E-state index is -0.508. The molecule has 1 aliphatic rings. The largest absolute Gasteiger partial charge is 0.481 e. The van der Waals surface area contributed by atoms with Gasteiger partial charge in [0.1, 0.15) is 0 Å². The topological polar surface area (TPSA) is 44.8 Å². The molecule has 0 aliphatic carbocycles. The normalized spacial score (nSPS) is 15.4. The first kappa shape index (κ1) is 20.8. The Morgan fingerprint density at radius 3 is 2.43 bits per heavy atom. The number of hydrogen-bond acceptors (Lipinski definition) is 4. The zero-order chi connectivity index (χ0) is 19.9. The van der Waals surface area contributed by atoms with E-state index in [0.29, 0.717) is 10.2 Å². The molecule has 2 aromatic rings. The molecule has 28 heavy (non-hydrogen) atoms. The molecule has 0 atom stereocenters. The van der Waals surface area contributed by atoms with Gasteiger partial charge in [0, 0.05) is 42.9 Å². The van der Waals surface area contributed by atoms with Gasteiger partial charge in [-0.3, -0.25) is 9.69 Å². The number of hydrogen-bond donors (Lipinski definition) is 1. The van der Waals surface area contributed by atoms with Gasteiger partial charge < -0.3 is 15.0 Å². The molecule has 1 amide bonds. The van der Waals surface area contributed by atoms with E-state index in [2.05, 4.69) is 38.0 Å². The van der Waals surface area contributed by atoms with E-state index in [1.165, 1.54) is 17.7 Å². The molecule has 1 fully saturated rings. The van der Waals surface area contributed by atoms with Gasteiger partial charge in [0.15, 0.2) is 18.2 Å². The second kappa shape index (κ2) is 10.0. The van der Waals surface area contributed by atoms with E-state index in [0.717, 1.165) is 39.3 Å². The molecule has 3 rings (SSSR count). The molecule has 150 valence electrons. The van der Waals surface area contributed by atoms with Crippen molar-refractivity contribution in [2.75, 3.05) is 44.6 Å². The first-order chi connectivity index (χ1) is 13.5. The molecule has 2 aromatic carbocycles. The highest BCUT2D eigenvalue weighted by Gasteiger charge is 2.15. The molecule has 1 heterocycles. The van der Waals surface area contributed by atoms with Crippen LogP contribution in [0.4, 0.5) is 10.1 Å². The van der Waals surface area contributed by atoms with Crippen LogP contribution >= 0.6 is 15.9 Å². The lowest BCUT2D eigenvalue weighted by Gasteiger charge is -2.34. The van der Waals surface area contributed by atoms with Crippen LogP contribution in [-0.4, -0.2) is 55.0 Å². The quantitative estimate of drug-likeness (QED) is 0.698. The average molecular weight is 450 g/mol. The summed E-state index contributed by atoms with van der Waals surface area (Å²) >= 11 is 3.18. The lowest BCUT2D eigenvalue weighted by Crippen LogP contribution is -2.45. The van der Waals surface area contributed by atoms with Gasteiger partial charge in [0.25, 0.3) is 5.91 Å². The Bertz CT molecular complexity index is 793. The molecule has 0 unspecified atom stereocenters. The summed E-state index contributed by atoms with van der Waals surface area (Å²) in [6.07, 6.45) is 0. The fourth-order valence-electron chi connectivity index (χ4n) is 3.15. The van der Waals surface area contributed by atoms with Gasteiger partial charge in [-0.15, -0.1) is 0 Å². The second-order valence-electron chi connectivity index (χ2n) is 6.82. The van der Waals surface area contributed by atoms with Crippen LogP contribution in [0.2, 0.25) is 0 Å². The highest BCUT2D eigenvalue weighted by molar-refractivity contribution is 9.10. The third-order valence-electron chi connectivity index (χ3n) is 4.81. The highest BCUT2D eigenvalue weighted by atomic mass is 79.9. The van der Waals surface area contributed by atoms with Gasteiger partial charge in [-0.2, -0.15) is 0 Å². The van der Waals surface area contributed by atoms with Gasteiger partial charge in [0.05, 0.1) is 0 Å². The van der Waals surface area contributed by atoms with Crippen LogP contribution < -0.4 is 10.1 Å². The van der Waals surface area contributed by atoms with E-state index in [1.54, 1.807) is 6.07 Å². The second-order valence-corrected chi connectivity index (χ2v) is 7.73. The van der Waals surface area contributed by atoms with Gasteiger partial charge >= 0.3 is 0 Å². The molecule has 0 spiro atoms. The standard InChI is InChI=1S/C21H25BrFN3O2/c1-2-25-9-11-26(12-10-25)14-16-3-6-18(7-4-16)24-21(27)15-28-20-8-5-17(22)13-19(20)23/h3-8,13H,2,9-12,14-15H2,1H3,(H,24,27). The summed E-state index contributed by atoms with van der Waals surface area (Å²) < 4.78 is 19.6. The minimum Gasteiger partial charge on any atom is -0.481 e. The summed E-state index contributed by atoms with van der Waals surface area (Å²) in [5, 5.41) is 2.77. The smallest absolute Gasteiger partial charge is 0.262 e. The predicted molar refractivity (Wildman–Crippen MR) is 112 cm³/mol. The predicted octanol–water partition coefficient (Wildman–Crippen LogP) is 3.74. The summed E-state index contributed by atoms with van der Waals surface area (Å²) in [5.74, 6) is -0.783. The van der Waals surface area contributed by atoms with Crippen molar-refractivity contribution in [2.24, 2.45) is 0 Å². The number of anilines is 1. The summed E-state index contributed by atoms with van der Waals surface area (Å²) in [4.78, 5) is 16.9. The number of rotatable bonds is 7. The van der Waals surface area contributed by atoms with Crippen molar-refractivity contribution < 1.29 is 13.9 Å². The van der Waals surface area contributed by atoms with Crippen molar-refractivity contribution in [3.63, 3.8) is 0 Å². The monoisotopic (exact) mass is 449 g/mol. The molecule has 0 saturated carbocycles. The van der Waals surface area contributed by atoms with Crippen LogP contribution in [-0.2, 0) is 11.3 Å². The Balaban J connectivity index is 1.45. The number of nitrogens with one attached hydrogen (secondary N) is 1.